The van der Waals surface area contributed by atoms with Gasteiger partial charge >= 0.3 is 0 Å². The number of benzene rings is 2. The lowest BCUT2D eigenvalue weighted by atomic mass is 10.2. The Morgan fingerprint density at radius 3 is 2.15 bits per heavy atom. The zero-order valence-electron chi connectivity index (χ0n) is 15.6. The molecule has 2 aromatic carbocycles. The van der Waals surface area contributed by atoms with Crippen molar-refractivity contribution in [3.05, 3.63) is 65.5 Å². The maximum absolute atomic E-state index is 4.66. The van der Waals surface area contributed by atoms with E-state index < -0.39 is 0 Å². The molecule has 0 fully saturated rings. The van der Waals surface area contributed by atoms with Gasteiger partial charge in [-0.3, -0.25) is 0 Å². The molecule has 0 spiro atoms. The Bertz CT molecular complexity index is 1070. The van der Waals surface area contributed by atoms with Crippen molar-refractivity contribution in [3.63, 3.8) is 0 Å². The summed E-state index contributed by atoms with van der Waals surface area (Å²) in [5, 5.41) is 7.54. The summed E-state index contributed by atoms with van der Waals surface area (Å²) in [5.41, 5.74) is 6.21. The Morgan fingerprint density at radius 1 is 0.815 bits per heavy atom. The van der Waals surface area contributed by atoms with Crippen LogP contribution >= 0.6 is 11.3 Å². The second-order valence-corrected chi connectivity index (χ2v) is 7.51. The van der Waals surface area contributed by atoms with E-state index in [2.05, 4.69) is 50.7 Å². The largest absolute Gasteiger partial charge is 0.332 e. The molecule has 0 aliphatic heterocycles. The van der Waals surface area contributed by atoms with Gasteiger partial charge in [-0.05, 0) is 68.3 Å². The fourth-order valence-electron chi connectivity index (χ4n) is 2.91. The van der Waals surface area contributed by atoms with Crippen molar-refractivity contribution in [2.75, 3.05) is 10.6 Å². The lowest BCUT2D eigenvalue weighted by molar-refractivity contribution is 1.06. The van der Waals surface area contributed by atoms with Crippen molar-refractivity contribution in [1.82, 2.24) is 15.0 Å². The molecule has 2 N–H and O–H groups in total. The molecule has 0 saturated carbocycles. The summed E-state index contributed by atoms with van der Waals surface area (Å²) in [5.74, 6) is 0.617. The predicted molar refractivity (Wildman–Crippen MR) is 114 cm³/mol. The number of hydrogen-bond donors (Lipinski definition) is 2. The van der Waals surface area contributed by atoms with E-state index in [1.165, 1.54) is 10.3 Å². The monoisotopic (exact) mass is 375 g/mol. The third-order valence-electron chi connectivity index (χ3n) is 4.24. The molecule has 0 bridgehead atoms. The van der Waals surface area contributed by atoms with Gasteiger partial charge in [-0.25, -0.2) is 15.0 Å². The van der Waals surface area contributed by atoms with E-state index in [1.807, 2.05) is 44.2 Å². The van der Waals surface area contributed by atoms with Crippen LogP contribution < -0.4 is 10.6 Å². The van der Waals surface area contributed by atoms with Gasteiger partial charge in [0.1, 0.15) is 0 Å². The van der Waals surface area contributed by atoms with Gasteiger partial charge in [0.05, 0.1) is 10.2 Å². The highest BCUT2D eigenvalue weighted by Crippen LogP contribution is 2.29. The zero-order valence-corrected chi connectivity index (χ0v) is 16.4. The van der Waals surface area contributed by atoms with Gasteiger partial charge in [-0.15, -0.1) is 0 Å². The summed E-state index contributed by atoms with van der Waals surface area (Å²) in [4.78, 5) is 13.5. The Balaban J connectivity index is 1.49. The van der Waals surface area contributed by atoms with Crippen LogP contribution in [0.15, 0.2) is 48.5 Å². The number of aryl methyl sites for hydroxylation is 3. The summed E-state index contributed by atoms with van der Waals surface area (Å²) in [7, 11) is 0. The van der Waals surface area contributed by atoms with Crippen molar-refractivity contribution < 1.29 is 0 Å². The molecule has 0 unspecified atom stereocenters. The maximum Gasteiger partial charge on any atom is 0.227 e. The third-order valence-corrected chi connectivity index (χ3v) is 5.17. The van der Waals surface area contributed by atoms with Crippen LogP contribution in [-0.2, 0) is 6.42 Å². The predicted octanol–water partition coefficient (Wildman–Crippen LogP) is 5.75. The van der Waals surface area contributed by atoms with Crippen LogP contribution in [0.1, 0.15) is 23.9 Å². The number of nitrogens with one attached hydrogen (secondary N) is 2. The highest BCUT2D eigenvalue weighted by atomic mass is 32.1. The molecule has 0 amide bonds. The number of anilines is 4. The number of thiazole rings is 1. The highest BCUT2D eigenvalue weighted by molar-refractivity contribution is 7.22. The van der Waals surface area contributed by atoms with E-state index in [1.54, 1.807) is 11.3 Å². The number of hydrogen-bond acceptors (Lipinski definition) is 6. The van der Waals surface area contributed by atoms with Gasteiger partial charge in [-0.2, -0.15) is 0 Å². The van der Waals surface area contributed by atoms with Crippen molar-refractivity contribution in [2.45, 2.75) is 27.2 Å². The average Bonchev–Trinajstić information content (AvgIpc) is 3.03. The minimum absolute atomic E-state index is 0.617. The molecule has 2 heterocycles. The lowest BCUT2D eigenvalue weighted by Crippen LogP contribution is -2.00. The Hall–Kier alpha value is -2.99. The Morgan fingerprint density at radius 2 is 1.48 bits per heavy atom. The molecule has 0 radical (unpaired) electrons. The first kappa shape index (κ1) is 17.4. The summed E-state index contributed by atoms with van der Waals surface area (Å²) in [6, 6.07) is 16.5. The smallest absolute Gasteiger partial charge is 0.227 e. The van der Waals surface area contributed by atoms with E-state index >= 15 is 0 Å². The van der Waals surface area contributed by atoms with Crippen molar-refractivity contribution >= 4 is 44.0 Å². The second-order valence-electron chi connectivity index (χ2n) is 6.48. The van der Waals surface area contributed by atoms with Crippen molar-refractivity contribution in [2.24, 2.45) is 0 Å². The quantitative estimate of drug-likeness (QED) is 0.465. The molecule has 27 heavy (non-hydrogen) atoms. The molecule has 2 aromatic heterocycles. The zero-order chi connectivity index (χ0) is 18.8. The van der Waals surface area contributed by atoms with Gasteiger partial charge in [0.15, 0.2) is 5.13 Å². The second kappa shape index (κ2) is 7.32. The fourth-order valence-corrected chi connectivity index (χ4v) is 3.86. The van der Waals surface area contributed by atoms with E-state index in [-0.39, 0.29) is 0 Å². The summed E-state index contributed by atoms with van der Waals surface area (Å²) in [6.45, 7) is 6.10. The van der Waals surface area contributed by atoms with Gasteiger partial charge in [0, 0.05) is 22.8 Å². The molecule has 0 aliphatic carbocycles. The standard InChI is InChI=1S/C21H21N5S/c1-4-15-5-10-18-19(12-15)27-21(26-18)25-17-8-6-16(7-9-17)24-20-22-13(2)11-14(3)23-20/h5-12H,4H2,1-3H3,(H,25,26)(H,22,23,24). The van der Waals surface area contributed by atoms with Crippen LogP contribution in [0.3, 0.4) is 0 Å². The Labute approximate surface area is 162 Å². The van der Waals surface area contributed by atoms with Crippen LogP contribution in [0.2, 0.25) is 0 Å². The molecular weight excluding hydrogens is 354 g/mol. The number of aromatic nitrogens is 3. The summed E-state index contributed by atoms with van der Waals surface area (Å²) < 4.78 is 1.21. The average molecular weight is 376 g/mol. The highest BCUT2D eigenvalue weighted by Gasteiger charge is 2.06. The first-order valence-corrected chi connectivity index (χ1v) is 9.76. The fraction of sp³-hybridized carbons (Fsp3) is 0.190. The topological polar surface area (TPSA) is 62.7 Å². The van der Waals surface area contributed by atoms with Crippen LogP contribution in [0.25, 0.3) is 10.2 Å². The van der Waals surface area contributed by atoms with E-state index in [0.29, 0.717) is 5.95 Å². The van der Waals surface area contributed by atoms with Crippen LogP contribution in [0, 0.1) is 13.8 Å². The minimum atomic E-state index is 0.617. The molecule has 0 saturated heterocycles. The lowest BCUT2D eigenvalue weighted by Gasteiger charge is -2.08. The van der Waals surface area contributed by atoms with Crippen LogP contribution in [0.5, 0.6) is 0 Å². The number of rotatable bonds is 5. The third kappa shape index (κ3) is 4.06. The van der Waals surface area contributed by atoms with Gasteiger partial charge in [-0.1, -0.05) is 24.3 Å². The SMILES string of the molecule is CCc1ccc2nc(Nc3ccc(Nc4nc(C)cc(C)n4)cc3)sc2c1. The first-order valence-electron chi connectivity index (χ1n) is 8.95. The number of fused-ring (bicyclic) bond motifs is 1. The van der Waals surface area contributed by atoms with Gasteiger partial charge in [0.25, 0.3) is 0 Å². The molecule has 4 rings (SSSR count). The summed E-state index contributed by atoms with van der Waals surface area (Å²) in [6.07, 6.45) is 1.04. The van der Waals surface area contributed by atoms with Gasteiger partial charge in [0.2, 0.25) is 5.95 Å². The molecular formula is C21H21N5S. The molecule has 4 aromatic rings. The number of nitrogens with zero attached hydrogens (tertiary/aromatic N) is 3. The van der Waals surface area contributed by atoms with E-state index in [4.69, 9.17) is 0 Å². The first-order chi connectivity index (χ1) is 13.1. The van der Waals surface area contributed by atoms with Crippen molar-refractivity contribution in [3.8, 4) is 0 Å². The molecule has 0 atom stereocenters. The van der Waals surface area contributed by atoms with Gasteiger partial charge < -0.3 is 10.6 Å². The summed E-state index contributed by atoms with van der Waals surface area (Å²) >= 11 is 1.67. The molecule has 0 aliphatic rings. The molecule has 5 nitrogen and oxygen atoms in total. The van der Waals surface area contributed by atoms with E-state index in [0.717, 1.165) is 39.8 Å². The normalized spacial score (nSPS) is 10.9. The van der Waals surface area contributed by atoms with Crippen LogP contribution in [0.4, 0.5) is 22.5 Å². The van der Waals surface area contributed by atoms with Crippen LogP contribution in [-0.4, -0.2) is 15.0 Å². The minimum Gasteiger partial charge on any atom is -0.332 e. The van der Waals surface area contributed by atoms with E-state index in [9.17, 15) is 0 Å². The Kier molecular flexibility index (Phi) is 4.73. The maximum atomic E-state index is 4.66. The molecule has 6 heteroatoms. The van der Waals surface area contributed by atoms with Crippen molar-refractivity contribution in [1.29, 1.82) is 0 Å². The molecule has 136 valence electrons.